The predicted molar refractivity (Wildman–Crippen MR) is 78.9 cm³/mol. The topological polar surface area (TPSA) is 39.1 Å². The molecule has 2 aromatic rings. The normalized spacial score (nSPS) is 16.9. The van der Waals surface area contributed by atoms with Crippen molar-refractivity contribution in [2.75, 3.05) is 13.7 Å². The summed E-state index contributed by atoms with van der Waals surface area (Å²) in [5, 5.41) is 7.73. The van der Waals surface area contributed by atoms with Crippen LogP contribution < -0.4 is 5.32 Å². The maximum absolute atomic E-state index is 5.61. The standard InChI is InChI=1S/C16H21N3O/c1-20-16(8-2-9-16)13-17-12-14-4-6-15(7-5-14)19-11-3-10-18-19/h3-7,10-11,17H,2,8-9,12-13H2,1H3. The van der Waals surface area contributed by atoms with E-state index in [1.165, 1.54) is 24.8 Å². The largest absolute Gasteiger partial charge is 0.377 e. The molecule has 0 atom stereocenters. The third kappa shape index (κ3) is 2.76. The molecule has 0 radical (unpaired) electrons. The molecule has 4 nitrogen and oxygen atoms in total. The molecular weight excluding hydrogens is 250 g/mol. The van der Waals surface area contributed by atoms with Gasteiger partial charge < -0.3 is 10.1 Å². The van der Waals surface area contributed by atoms with E-state index >= 15 is 0 Å². The van der Waals surface area contributed by atoms with Crippen molar-refractivity contribution in [3.8, 4) is 5.69 Å². The Morgan fingerprint density at radius 1 is 1.30 bits per heavy atom. The molecule has 0 amide bonds. The van der Waals surface area contributed by atoms with Gasteiger partial charge in [0.2, 0.25) is 0 Å². The zero-order valence-corrected chi connectivity index (χ0v) is 11.9. The molecule has 0 saturated heterocycles. The van der Waals surface area contributed by atoms with Gasteiger partial charge in [0.05, 0.1) is 11.3 Å². The highest BCUT2D eigenvalue weighted by atomic mass is 16.5. The monoisotopic (exact) mass is 271 g/mol. The third-order valence-electron chi connectivity index (χ3n) is 4.18. The van der Waals surface area contributed by atoms with E-state index in [1.54, 1.807) is 6.20 Å². The Hall–Kier alpha value is -1.65. The lowest BCUT2D eigenvalue weighted by molar-refractivity contribution is -0.0695. The van der Waals surface area contributed by atoms with Crippen molar-refractivity contribution in [1.82, 2.24) is 15.1 Å². The Bertz CT molecular complexity index is 524. The van der Waals surface area contributed by atoms with Crippen LogP contribution in [0.2, 0.25) is 0 Å². The molecule has 3 rings (SSSR count). The molecular formula is C16H21N3O. The van der Waals surface area contributed by atoms with Crippen LogP contribution in [0.1, 0.15) is 24.8 Å². The highest BCUT2D eigenvalue weighted by Crippen LogP contribution is 2.34. The summed E-state index contributed by atoms with van der Waals surface area (Å²) in [5.74, 6) is 0. The van der Waals surface area contributed by atoms with Gasteiger partial charge in [-0.2, -0.15) is 5.10 Å². The van der Waals surface area contributed by atoms with Gasteiger partial charge in [0.15, 0.2) is 0 Å². The van der Waals surface area contributed by atoms with Gasteiger partial charge >= 0.3 is 0 Å². The van der Waals surface area contributed by atoms with E-state index in [2.05, 4.69) is 34.7 Å². The first-order valence-corrected chi connectivity index (χ1v) is 7.16. The Morgan fingerprint density at radius 2 is 2.10 bits per heavy atom. The minimum Gasteiger partial charge on any atom is -0.377 e. The third-order valence-corrected chi connectivity index (χ3v) is 4.18. The summed E-state index contributed by atoms with van der Waals surface area (Å²) in [6.07, 6.45) is 7.38. The van der Waals surface area contributed by atoms with Crippen LogP contribution in [-0.4, -0.2) is 29.0 Å². The lowest BCUT2D eigenvalue weighted by atomic mass is 9.80. The maximum atomic E-state index is 5.61. The summed E-state index contributed by atoms with van der Waals surface area (Å²) >= 11 is 0. The first kappa shape index (κ1) is 13.3. The summed E-state index contributed by atoms with van der Waals surface area (Å²) in [4.78, 5) is 0. The van der Waals surface area contributed by atoms with E-state index < -0.39 is 0 Å². The minimum atomic E-state index is 0.0923. The van der Waals surface area contributed by atoms with Gasteiger partial charge in [-0.25, -0.2) is 4.68 Å². The zero-order chi connectivity index (χ0) is 13.8. The van der Waals surface area contributed by atoms with Crippen molar-refractivity contribution in [1.29, 1.82) is 0 Å². The van der Waals surface area contributed by atoms with Crippen LogP contribution in [0.3, 0.4) is 0 Å². The number of rotatable bonds is 6. The smallest absolute Gasteiger partial charge is 0.0802 e. The molecule has 1 aromatic heterocycles. The second-order valence-electron chi connectivity index (χ2n) is 5.46. The fourth-order valence-corrected chi connectivity index (χ4v) is 2.65. The van der Waals surface area contributed by atoms with Crippen molar-refractivity contribution in [2.45, 2.75) is 31.4 Å². The van der Waals surface area contributed by atoms with Gasteiger partial charge in [0.1, 0.15) is 0 Å². The van der Waals surface area contributed by atoms with Crippen molar-refractivity contribution in [3.05, 3.63) is 48.3 Å². The first-order valence-electron chi connectivity index (χ1n) is 7.16. The average molecular weight is 271 g/mol. The van der Waals surface area contributed by atoms with E-state index in [4.69, 9.17) is 4.74 Å². The Labute approximate surface area is 119 Å². The minimum absolute atomic E-state index is 0.0923. The number of hydrogen-bond acceptors (Lipinski definition) is 3. The molecule has 0 aliphatic heterocycles. The number of hydrogen-bond donors (Lipinski definition) is 1. The van der Waals surface area contributed by atoms with Crippen LogP contribution in [0.5, 0.6) is 0 Å². The highest BCUT2D eigenvalue weighted by molar-refractivity contribution is 5.33. The van der Waals surface area contributed by atoms with Gasteiger partial charge in [-0.05, 0) is 43.0 Å². The molecule has 1 fully saturated rings. The second-order valence-corrected chi connectivity index (χ2v) is 5.46. The second kappa shape index (κ2) is 5.77. The van der Waals surface area contributed by atoms with Gasteiger partial charge in [-0.1, -0.05) is 12.1 Å². The van der Waals surface area contributed by atoms with Crippen molar-refractivity contribution >= 4 is 0 Å². The number of nitrogens with one attached hydrogen (secondary N) is 1. The number of ether oxygens (including phenoxy) is 1. The first-order chi connectivity index (χ1) is 9.81. The fourth-order valence-electron chi connectivity index (χ4n) is 2.65. The highest BCUT2D eigenvalue weighted by Gasteiger charge is 2.36. The molecule has 0 spiro atoms. The Morgan fingerprint density at radius 3 is 2.65 bits per heavy atom. The lowest BCUT2D eigenvalue weighted by Gasteiger charge is -2.40. The number of aromatic nitrogens is 2. The fraction of sp³-hybridized carbons (Fsp3) is 0.438. The summed E-state index contributed by atoms with van der Waals surface area (Å²) < 4.78 is 7.47. The van der Waals surface area contributed by atoms with E-state index in [9.17, 15) is 0 Å². The van der Waals surface area contributed by atoms with Gasteiger partial charge in [0, 0.05) is 32.6 Å². The maximum Gasteiger partial charge on any atom is 0.0802 e. The number of benzene rings is 1. The average Bonchev–Trinajstić information content (AvgIpc) is 2.97. The summed E-state index contributed by atoms with van der Waals surface area (Å²) in [6.45, 7) is 1.81. The molecule has 20 heavy (non-hydrogen) atoms. The van der Waals surface area contributed by atoms with Gasteiger partial charge in [-0.3, -0.25) is 0 Å². The molecule has 1 aromatic carbocycles. The summed E-state index contributed by atoms with van der Waals surface area (Å²) in [5.41, 5.74) is 2.47. The van der Waals surface area contributed by atoms with Crippen LogP contribution in [0, 0.1) is 0 Å². The van der Waals surface area contributed by atoms with Gasteiger partial charge in [0.25, 0.3) is 0 Å². The van der Waals surface area contributed by atoms with Gasteiger partial charge in [-0.15, -0.1) is 0 Å². The van der Waals surface area contributed by atoms with Crippen LogP contribution in [0.15, 0.2) is 42.7 Å². The molecule has 1 N–H and O–H groups in total. The Kier molecular flexibility index (Phi) is 3.85. The Balaban J connectivity index is 1.53. The molecule has 1 saturated carbocycles. The molecule has 1 heterocycles. The summed E-state index contributed by atoms with van der Waals surface area (Å²) in [6, 6.07) is 10.4. The van der Waals surface area contributed by atoms with Crippen LogP contribution in [0.25, 0.3) is 5.69 Å². The quantitative estimate of drug-likeness (QED) is 0.877. The predicted octanol–water partition coefficient (Wildman–Crippen LogP) is 2.53. The van der Waals surface area contributed by atoms with Crippen molar-refractivity contribution in [3.63, 3.8) is 0 Å². The lowest BCUT2D eigenvalue weighted by Crippen LogP contribution is -2.47. The molecule has 0 unspecified atom stereocenters. The van der Waals surface area contributed by atoms with Crippen molar-refractivity contribution in [2.24, 2.45) is 0 Å². The van der Waals surface area contributed by atoms with Crippen LogP contribution in [-0.2, 0) is 11.3 Å². The van der Waals surface area contributed by atoms with E-state index in [-0.39, 0.29) is 5.60 Å². The zero-order valence-electron chi connectivity index (χ0n) is 11.9. The van der Waals surface area contributed by atoms with Crippen LogP contribution >= 0.6 is 0 Å². The summed E-state index contributed by atoms with van der Waals surface area (Å²) in [7, 11) is 1.82. The molecule has 0 bridgehead atoms. The van der Waals surface area contributed by atoms with Crippen LogP contribution in [0.4, 0.5) is 0 Å². The number of nitrogens with zero attached hydrogens (tertiary/aromatic N) is 2. The molecule has 4 heteroatoms. The van der Waals surface area contributed by atoms with E-state index in [0.717, 1.165) is 18.8 Å². The SMILES string of the molecule is COC1(CNCc2ccc(-n3cccn3)cc2)CCC1. The number of methoxy groups -OCH3 is 1. The molecule has 1 aliphatic carbocycles. The van der Waals surface area contributed by atoms with E-state index in [1.807, 2.05) is 24.1 Å². The van der Waals surface area contributed by atoms with E-state index in [0.29, 0.717) is 0 Å². The molecule has 106 valence electrons. The van der Waals surface area contributed by atoms with Crippen molar-refractivity contribution < 1.29 is 4.74 Å². The molecule has 1 aliphatic rings.